The summed E-state index contributed by atoms with van der Waals surface area (Å²) in [7, 11) is 4.02. The number of nitrogens with zero attached hydrogens (tertiary/aromatic N) is 7. The van der Waals surface area contributed by atoms with Crippen molar-refractivity contribution >= 4 is 29.0 Å². The Morgan fingerprint density at radius 1 is 0.919 bits per heavy atom. The SMILES string of the molecule is CN(C)c1ccc(-c2nc3cnccn3c2NCC(=O)N2CCN(CC(=O)N3CCCCC3)CC2)cc1. The number of piperazine rings is 1. The van der Waals surface area contributed by atoms with Crippen LogP contribution in [0.25, 0.3) is 16.9 Å². The second-order valence-corrected chi connectivity index (χ2v) is 10.0. The second kappa shape index (κ2) is 11.2. The first-order valence-electron chi connectivity index (χ1n) is 13.1. The van der Waals surface area contributed by atoms with E-state index in [1.807, 2.05) is 46.6 Å². The van der Waals surface area contributed by atoms with Crippen LogP contribution in [0.3, 0.4) is 0 Å². The number of piperidine rings is 1. The maximum absolute atomic E-state index is 13.1. The van der Waals surface area contributed by atoms with E-state index in [2.05, 4.69) is 32.2 Å². The lowest BCUT2D eigenvalue weighted by Gasteiger charge is -2.36. The molecule has 196 valence electrons. The zero-order valence-corrected chi connectivity index (χ0v) is 21.8. The summed E-state index contributed by atoms with van der Waals surface area (Å²) in [6.07, 6.45) is 8.71. The molecule has 4 heterocycles. The number of carbonyl (C=O) groups excluding carboxylic acids is 2. The molecule has 10 heteroatoms. The monoisotopic (exact) mass is 504 g/mol. The van der Waals surface area contributed by atoms with Gasteiger partial charge in [0.2, 0.25) is 11.8 Å². The van der Waals surface area contributed by atoms with Gasteiger partial charge in [0.25, 0.3) is 0 Å². The first-order chi connectivity index (χ1) is 18.0. The highest BCUT2D eigenvalue weighted by Gasteiger charge is 2.25. The third kappa shape index (κ3) is 5.69. The lowest BCUT2D eigenvalue weighted by molar-refractivity contribution is -0.135. The van der Waals surface area contributed by atoms with Crippen LogP contribution in [-0.4, -0.2) is 107 Å². The number of carbonyl (C=O) groups is 2. The highest BCUT2D eigenvalue weighted by molar-refractivity contribution is 5.84. The van der Waals surface area contributed by atoms with Gasteiger partial charge in [-0.3, -0.25) is 23.9 Å². The molecule has 1 N–H and O–H groups in total. The van der Waals surface area contributed by atoms with Gasteiger partial charge in [0.05, 0.1) is 19.3 Å². The number of anilines is 2. The van der Waals surface area contributed by atoms with Crippen LogP contribution in [0.1, 0.15) is 19.3 Å². The third-order valence-corrected chi connectivity index (χ3v) is 7.29. The Kier molecular flexibility index (Phi) is 7.55. The molecular formula is C27H36N8O2. The Hall–Kier alpha value is -3.66. The second-order valence-electron chi connectivity index (χ2n) is 10.0. The summed E-state index contributed by atoms with van der Waals surface area (Å²) in [5.41, 5.74) is 3.58. The number of amides is 2. The number of benzene rings is 1. The lowest BCUT2D eigenvalue weighted by atomic mass is 10.1. The van der Waals surface area contributed by atoms with Crippen LogP contribution in [0.15, 0.2) is 42.9 Å². The van der Waals surface area contributed by atoms with E-state index in [1.54, 1.807) is 12.4 Å². The molecule has 0 saturated carbocycles. The van der Waals surface area contributed by atoms with Crippen molar-refractivity contribution in [3.8, 4) is 11.3 Å². The molecule has 0 bridgehead atoms. The average Bonchev–Trinajstić information content (AvgIpc) is 3.31. The van der Waals surface area contributed by atoms with Crippen molar-refractivity contribution in [2.75, 3.05) is 76.7 Å². The Morgan fingerprint density at radius 2 is 1.62 bits per heavy atom. The van der Waals surface area contributed by atoms with Crippen molar-refractivity contribution in [1.82, 2.24) is 29.1 Å². The maximum Gasteiger partial charge on any atom is 0.242 e. The zero-order chi connectivity index (χ0) is 25.8. The van der Waals surface area contributed by atoms with Gasteiger partial charge in [-0.2, -0.15) is 0 Å². The Morgan fingerprint density at radius 3 is 2.32 bits per heavy atom. The summed E-state index contributed by atoms with van der Waals surface area (Å²) in [6, 6.07) is 8.20. The van der Waals surface area contributed by atoms with Crippen LogP contribution in [0.5, 0.6) is 0 Å². The van der Waals surface area contributed by atoms with E-state index in [0.29, 0.717) is 19.6 Å². The smallest absolute Gasteiger partial charge is 0.242 e. The molecule has 0 atom stereocenters. The van der Waals surface area contributed by atoms with Gasteiger partial charge in [0.15, 0.2) is 5.65 Å². The van der Waals surface area contributed by atoms with Crippen molar-refractivity contribution in [3.63, 3.8) is 0 Å². The van der Waals surface area contributed by atoms with Gasteiger partial charge < -0.3 is 20.0 Å². The fourth-order valence-corrected chi connectivity index (χ4v) is 5.06. The van der Waals surface area contributed by atoms with Crippen LogP contribution >= 0.6 is 0 Å². The molecule has 0 aliphatic carbocycles. The minimum absolute atomic E-state index is 0.0416. The Bertz CT molecular complexity index is 1220. The van der Waals surface area contributed by atoms with Crippen molar-refractivity contribution in [2.24, 2.45) is 0 Å². The van der Waals surface area contributed by atoms with E-state index in [0.717, 1.165) is 67.4 Å². The third-order valence-electron chi connectivity index (χ3n) is 7.29. The number of hydrogen-bond donors (Lipinski definition) is 1. The molecule has 3 aromatic rings. The normalized spacial score (nSPS) is 16.7. The number of imidazole rings is 1. The first kappa shape index (κ1) is 25.0. The molecule has 2 aliphatic rings. The molecule has 2 saturated heterocycles. The minimum Gasteiger partial charge on any atom is -0.378 e. The maximum atomic E-state index is 13.1. The number of aromatic nitrogens is 3. The van der Waals surface area contributed by atoms with E-state index in [-0.39, 0.29) is 18.4 Å². The summed E-state index contributed by atoms with van der Waals surface area (Å²) in [5.74, 6) is 1.03. The van der Waals surface area contributed by atoms with Gasteiger partial charge in [-0.15, -0.1) is 0 Å². The quantitative estimate of drug-likeness (QED) is 0.527. The molecule has 2 aliphatic heterocycles. The molecular weight excluding hydrogens is 468 g/mol. The highest BCUT2D eigenvalue weighted by atomic mass is 16.2. The summed E-state index contributed by atoms with van der Waals surface area (Å²) in [4.78, 5) is 42.8. The van der Waals surface area contributed by atoms with Gasteiger partial charge in [0.1, 0.15) is 11.5 Å². The molecule has 1 aromatic carbocycles. The molecule has 0 radical (unpaired) electrons. The number of rotatable bonds is 7. The Labute approximate surface area is 217 Å². The molecule has 0 spiro atoms. The molecule has 2 aromatic heterocycles. The highest BCUT2D eigenvalue weighted by Crippen LogP contribution is 2.29. The predicted molar refractivity (Wildman–Crippen MR) is 145 cm³/mol. The van der Waals surface area contributed by atoms with Crippen LogP contribution in [0, 0.1) is 0 Å². The van der Waals surface area contributed by atoms with E-state index >= 15 is 0 Å². The van der Waals surface area contributed by atoms with E-state index in [9.17, 15) is 9.59 Å². The summed E-state index contributed by atoms with van der Waals surface area (Å²) < 4.78 is 1.93. The standard InChI is InChI=1S/C27H36N8O2/c1-31(2)22-8-6-21(7-9-22)26-27(35-13-10-28-18-23(35)30-26)29-19-24(36)34-16-14-32(15-17-34)20-25(37)33-11-4-3-5-12-33/h6-10,13,18,29H,3-5,11-12,14-17,19-20H2,1-2H3. The van der Waals surface area contributed by atoms with Gasteiger partial charge in [-0.25, -0.2) is 4.98 Å². The van der Waals surface area contributed by atoms with Crippen molar-refractivity contribution in [1.29, 1.82) is 0 Å². The number of likely N-dealkylation sites (tertiary alicyclic amines) is 1. The van der Waals surface area contributed by atoms with E-state index in [1.165, 1.54) is 6.42 Å². The number of hydrogen-bond acceptors (Lipinski definition) is 7. The zero-order valence-electron chi connectivity index (χ0n) is 21.8. The van der Waals surface area contributed by atoms with Gasteiger partial charge in [-0.1, -0.05) is 12.1 Å². The lowest BCUT2D eigenvalue weighted by Crippen LogP contribution is -2.52. The number of nitrogens with one attached hydrogen (secondary N) is 1. The van der Waals surface area contributed by atoms with Gasteiger partial charge in [-0.05, 0) is 31.4 Å². The van der Waals surface area contributed by atoms with E-state index in [4.69, 9.17) is 4.98 Å². The van der Waals surface area contributed by atoms with Gasteiger partial charge >= 0.3 is 0 Å². The summed E-state index contributed by atoms with van der Waals surface area (Å²) >= 11 is 0. The van der Waals surface area contributed by atoms with Crippen molar-refractivity contribution < 1.29 is 9.59 Å². The molecule has 0 unspecified atom stereocenters. The van der Waals surface area contributed by atoms with Crippen LogP contribution in [0.4, 0.5) is 11.5 Å². The molecule has 37 heavy (non-hydrogen) atoms. The van der Waals surface area contributed by atoms with Crippen molar-refractivity contribution in [2.45, 2.75) is 19.3 Å². The molecule has 5 rings (SSSR count). The first-order valence-corrected chi connectivity index (χ1v) is 13.1. The summed E-state index contributed by atoms with van der Waals surface area (Å²) in [5, 5.41) is 3.35. The van der Waals surface area contributed by atoms with Crippen molar-refractivity contribution in [3.05, 3.63) is 42.9 Å². The molecule has 2 amide bonds. The number of fused-ring (bicyclic) bond motifs is 1. The topological polar surface area (TPSA) is 89.3 Å². The largest absolute Gasteiger partial charge is 0.378 e. The molecule has 10 nitrogen and oxygen atoms in total. The average molecular weight is 505 g/mol. The predicted octanol–water partition coefficient (Wildman–Crippen LogP) is 2.03. The fraction of sp³-hybridized carbons (Fsp3) is 0.481. The van der Waals surface area contributed by atoms with Crippen LogP contribution in [0.2, 0.25) is 0 Å². The minimum atomic E-state index is 0.0416. The summed E-state index contributed by atoms with van der Waals surface area (Å²) in [6.45, 7) is 5.07. The van der Waals surface area contributed by atoms with Crippen LogP contribution in [-0.2, 0) is 9.59 Å². The Balaban J connectivity index is 1.21. The molecule has 2 fully saturated rings. The van der Waals surface area contributed by atoms with Gasteiger partial charge in [0, 0.05) is 77.0 Å². The fourth-order valence-electron chi connectivity index (χ4n) is 5.06. The van der Waals surface area contributed by atoms with E-state index < -0.39 is 0 Å². The van der Waals surface area contributed by atoms with Crippen LogP contribution < -0.4 is 10.2 Å².